The van der Waals surface area contributed by atoms with Gasteiger partial charge in [0, 0.05) is 24.6 Å². The van der Waals surface area contributed by atoms with Crippen LogP contribution in [0.5, 0.6) is 11.5 Å². The molecule has 0 unspecified atom stereocenters. The molecule has 10 nitrogen and oxygen atoms in total. The van der Waals surface area contributed by atoms with E-state index in [1.807, 2.05) is 0 Å². The van der Waals surface area contributed by atoms with Crippen molar-refractivity contribution in [3.8, 4) is 23.0 Å². The number of carbonyl (C=O) groups excluding carboxylic acids is 2. The van der Waals surface area contributed by atoms with Gasteiger partial charge in [-0.3, -0.25) is 4.79 Å². The van der Waals surface area contributed by atoms with E-state index in [1.165, 1.54) is 18.2 Å². The molecule has 37 heavy (non-hydrogen) atoms. The summed E-state index contributed by atoms with van der Waals surface area (Å²) in [6, 6.07) is 3.92. The number of nitrogens with two attached hydrogens (primary N) is 1. The van der Waals surface area contributed by atoms with E-state index < -0.39 is 24.9 Å². The number of likely N-dealkylation sites (tertiary alicyclic amines) is 1. The van der Waals surface area contributed by atoms with Gasteiger partial charge in [0.2, 0.25) is 5.89 Å². The fraction of sp³-hybridized carbons (Fsp3) is 0.560. The predicted octanol–water partition coefficient (Wildman–Crippen LogP) is 3.85. The number of amides is 2. The van der Waals surface area contributed by atoms with Crippen LogP contribution in [0.2, 0.25) is 0 Å². The summed E-state index contributed by atoms with van der Waals surface area (Å²) in [5.41, 5.74) is 6.56. The van der Waals surface area contributed by atoms with Gasteiger partial charge < -0.3 is 34.6 Å². The van der Waals surface area contributed by atoms with Crippen LogP contribution in [0, 0.1) is 5.92 Å². The molecule has 0 radical (unpaired) electrons. The van der Waals surface area contributed by atoms with Crippen LogP contribution >= 0.6 is 0 Å². The molecular formula is C25H30F2N4O6. The number of rotatable bonds is 10. The van der Waals surface area contributed by atoms with Crippen molar-refractivity contribution in [1.29, 1.82) is 0 Å². The lowest BCUT2D eigenvalue weighted by molar-refractivity contribution is -0.0515. The molecule has 200 valence electrons. The van der Waals surface area contributed by atoms with Crippen LogP contribution in [-0.4, -0.2) is 60.3 Å². The number of aromatic nitrogens is 1. The molecule has 2 amide bonds. The van der Waals surface area contributed by atoms with E-state index in [9.17, 15) is 18.4 Å². The molecule has 3 N–H and O–H groups in total. The Morgan fingerprint density at radius 2 is 2.00 bits per heavy atom. The summed E-state index contributed by atoms with van der Waals surface area (Å²) in [6.07, 6.45) is 3.59. The number of ether oxygens (including phenoxy) is 3. The summed E-state index contributed by atoms with van der Waals surface area (Å²) < 4.78 is 47.4. The van der Waals surface area contributed by atoms with Crippen LogP contribution in [-0.2, 0) is 4.74 Å². The number of benzene rings is 1. The second-order valence-corrected chi connectivity index (χ2v) is 9.80. The Labute approximate surface area is 212 Å². The lowest BCUT2D eigenvalue weighted by atomic mass is 10.2. The SMILES string of the molecule is C[C@H](N)c1oc(-c2ccc(OC(F)F)c(OCC3CC3)c2)nc1C(=O)N1CC[C@@H](OC(=O)NC2CC2)C1. The van der Waals surface area contributed by atoms with Gasteiger partial charge in [-0.2, -0.15) is 8.78 Å². The second-order valence-electron chi connectivity index (χ2n) is 9.80. The number of halogens is 2. The van der Waals surface area contributed by atoms with E-state index >= 15 is 0 Å². The number of nitrogens with zero attached hydrogens (tertiary/aromatic N) is 2. The maximum Gasteiger partial charge on any atom is 0.407 e. The Morgan fingerprint density at radius 3 is 2.68 bits per heavy atom. The van der Waals surface area contributed by atoms with E-state index in [1.54, 1.807) is 11.8 Å². The lowest BCUT2D eigenvalue weighted by Crippen LogP contribution is -2.34. The van der Waals surface area contributed by atoms with E-state index in [2.05, 4.69) is 15.0 Å². The zero-order valence-electron chi connectivity index (χ0n) is 20.5. The molecule has 2 heterocycles. The molecule has 1 aromatic heterocycles. The first-order valence-electron chi connectivity index (χ1n) is 12.5. The molecule has 0 bridgehead atoms. The maximum atomic E-state index is 13.3. The molecule has 3 aliphatic rings. The normalized spacial score (nSPS) is 20.1. The monoisotopic (exact) mass is 520 g/mol. The molecule has 12 heteroatoms. The number of oxazole rings is 1. The number of hydrogen-bond acceptors (Lipinski definition) is 8. The van der Waals surface area contributed by atoms with Gasteiger partial charge in [-0.05, 0) is 56.7 Å². The molecule has 1 aliphatic heterocycles. The van der Waals surface area contributed by atoms with Gasteiger partial charge in [0.15, 0.2) is 23.0 Å². The highest BCUT2D eigenvalue weighted by atomic mass is 19.3. The van der Waals surface area contributed by atoms with Crippen LogP contribution in [0.15, 0.2) is 22.6 Å². The largest absolute Gasteiger partial charge is 0.489 e. The van der Waals surface area contributed by atoms with Crippen LogP contribution in [0.4, 0.5) is 13.6 Å². The van der Waals surface area contributed by atoms with Crippen molar-refractivity contribution in [2.45, 2.75) is 63.8 Å². The van der Waals surface area contributed by atoms with Gasteiger partial charge in [-0.25, -0.2) is 9.78 Å². The highest BCUT2D eigenvalue weighted by Gasteiger charge is 2.34. The van der Waals surface area contributed by atoms with E-state index in [4.69, 9.17) is 19.6 Å². The zero-order valence-corrected chi connectivity index (χ0v) is 20.5. The highest BCUT2D eigenvalue weighted by molar-refractivity contribution is 5.94. The Hall–Kier alpha value is -3.41. The van der Waals surface area contributed by atoms with Crippen molar-refractivity contribution in [2.75, 3.05) is 19.7 Å². The maximum absolute atomic E-state index is 13.3. The van der Waals surface area contributed by atoms with Crippen LogP contribution in [0.1, 0.15) is 61.3 Å². The summed E-state index contributed by atoms with van der Waals surface area (Å²) in [7, 11) is 0. The zero-order chi connectivity index (χ0) is 26.1. The smallest absolute Gasteiger partial charge is 0.407 e. The van der Waals surface area contributed by atoms with E-state index in [-0.39, 0.29) is 47.3 Å². The van der Waals surface area contributed by atoms with E-state index in [0.29, 0.717) is 31.1 Å². The summed E-state index contributed by atoms with van der Waals surface area (Å²) in [4.78, 5) is 31.2. The van der Waals surface area contributed by atoms with Crippen molar-refractivity contribution < 1.29 is 37.0 Å². The number of nitrogens with one attached hydrogen (secondary N) is 1. The molecule has 2 aromatic rings. The van der Waals surface area contributed by atoms with Crippen molar-refractivity contribution in [2.24, 2.45) is 11.7 Å². The molecule has 0 spiro atoms. The number of alkyl halides is 2. The third-order valence-corrected chi connectivity index (χ3v) is 6.45. The molecule has 2 saturated carbocycles. The molecule has 1 aromatic carbocycles. The molecular weight excluding hydrogens is 490 g/mol. The highest BCUT2D eigenvalue weighted by Crippen LogP contribution is 2.37. The fourth-order valence-corrected chi connectivity index (χ4v) is 4.09. The number of alkyl carbamates (subject to hydrolysis) is 1. The third kappa shape index (κ3) is 6.30. The minimum absolute atomic E-state index is 0.0569. The van der Waals surface area contributed by atoms with Gasteiger partial charge >= 0.3 is 12.7 Å². The van der Waals surface area contributed by atoms with Gasteiger partial charge in [0.25, 0.3) is 5.91 Å². The number of carbonyl (C=O) groups is 2. The number of hydrogen-bond donors (Lipinski definition) is 2. The first-order chi connectivity index (χ1) is 17.8. The average Bonchev–Trinajstić information content (AvgIpc) is 3.76. The fourth-order valence-electron chi connectivity index (χ4n) is 4.09. The molecule has 1 saturated heterocycles. The third-order valence-electron chi connectivity index (χ3n) is 6.45. The quantitative estimate of drug-likeness (QED) is 0.483. The Balaban J connectivity index is 1.33. The van der Waals surface area contributed by atoms with Gasteiger partial charge in [0.1, 0.15) is 6.10 Å². The Kier molecular flexibility index (Phi) is 7.18. The van der Waals surface area contributed by atoms with Crippen LogP contribution < -0.4 is 20.5 Å². The summed E-state index contributed by atoms with van der Waals surface area (Å²) >= 11 is 0. The Morgan fingerprint density at radius 1 is 1.22 bits per heavy atom. The van der Waals surface area contributed by atoms with Crippen LogP contribution in [0.3, 0.4) is 0 Å². The van der Waals surface area contributed by atoms with Gasteiger partial charge in [0.05, 0.1) is 19.2 Å². The van der Waals surface area contributed by atoms with Crippen molar-refractivity contribution in [1.82, 2.24) is 15.2 Å². The van der Waals surface area contributed by atoms with E-state index in [0.717, 1.165) is 25.7 Å². The molecule has 3 fully saturated rings. The average molecular weight is 521 g/mol. The lowest BCUT2D eigenvalue weighted by Gasteiger charge is -2.16. The minimum Gasteiger partial charge on any atom is -0.489 e. The second kappa shape index (κ2) is 10.5. The summed E-state index contributed by atoms with van der Waals surface area (Å²) in [5.74, 6) is 0.354. The first-order valence-corrected chi connectivity index (χ1v) is 12.5. The van der Waals surface area contributed by atoms with Crippen molar-refractivity contribution in [3.05, 3.63) is 29.7 Å². The Bertz CT molecular complexity index is 1150. The summed E-state index contributed by atoms with van der Waals surface area (Å²) in [6.45, 7) is -0.322. The van der Waals surface area contributed by atoms with Crippen molar-refractivity contribution >= 4 is 12.0 Å². The summed E-state index contributed by atoms with van der Waals surface area (Å²) in [5, 5.41) is 2.77. The topological polar surface area (TPSA) is 129 Å². The predicted molar refractivity (Wildman–Crippen MR) is 126 cm³/mol. The van der Waals surface area contributed by atoms with Gasteiger partial charge in [-0.1, -0.05) is 0 Å². The molecule has 2 atom stereocenters. The first kappa shape index (κ1) is 25.2. The minimum atomic E-state index is -3.00. The van der Waals surface area contributed by atoms with Crippen LogP contribution in [0.25, 0.3) is 11.5 Å². The standard InChI is InChI=1S/C25H30F2N4O6/c1-13(28)21-20(23(32)31-9-8-17(11-31)35-25(33)29-16-5-6-16)30-22(37-21)15-4-7-18(36-24(26)27)19(10-15)34-12-14-2-3-14/h4,7,10,13-14,16-17,24H,2-3,5-6,8-9,11-12,28H2,1H3,(H,29,33)/t13-,17+/m0/s1. The van der Waals surface area contributed by atoms with Gasteiger partial charge in [-0.15, -0.1) is 0 Å². The molecule has 5 rings (SSSR count). The van der Waals surface area contributed by atoms with Crippen molar-refractivity contribution in [3.63, 3.8) is 0 Å². The molecule has 2 aliphatic carbocycles.